The van der Waals surface area contributed by atoms with Gasteiger partial charge in [-0.15, -0.1) is 0 Å². The number of furan rings is 1. The molecule has 0 saturated carbocycles. The highest BCUT2D eigenvalue weighted by atomic mass is 16.5. The fourth-order valence-electron chi connectivity index (χ4n) is 2.97. The van der Waals surface area contributed by atoms with E-state index in [0.717, 1.165) is 24.9 Å². The van der Waals surface area contributed by atoms with E-state index in [-0.39, 0.29) is 11.9 Å². The molecule has 0 bridgehead atoms. The lowest BCUT2D eigenvalue weighted by Crippen LogP contribution is -2.30. The molecule has 0 radical (unpaired) electrons. The third-order valence-electron chi connectivity index (χ3n) is 4.07. The lowest BCUT2D eigenvalue weighted by molar-refractivity contribution is 0.0734. The number of carbonyl (C=O) groups excluding carboxylic acids is 1. The van der Waals surface area contributed by atoms with Crippen LogP contribution in [0.3, 0.4) is 0 Å². The predicted octanol–water partition coefficient (Wildman–Crippen LogP) is 3.27. The van der Waals surface area contributed by atoms with Crippen molar-refractivity contribution >= 4 is 5.91 Å². The van der Waals surface area contributed by atoms with Gasteiger partial charge in [0, 0.05) is 6.54 Å². The van der Waals surface area contributed by atoms with Gasteiger partial charge in [-0.3, -0.25) is 4.79 Å². The summed E-state index contributed by atoms with van der Waals surface area (Å²) in [4.78, 5) is 14.5. The van der Waals surface area contributed by atoms with Crippen molar-refractivity contribution in [1.82, 2.24) is 4.90 Å². The van der Waals surface area contributed by atoms with E-state index in [9.17, 15) is 4.79 Å². The molecule has 1 saturated heterocycles. The summed E-state index contributed by atoms with van der Waals surface area (Å²) in [5.41, 5.74) is 1.65. The fraction of sp³-hybridized carbons (Fsp3) is 0.353. The van der Waals surface area contributed by atoms with Crippen LogP contribution in [0.2, 0.25) is 0 Å². The molecule has 1 aliphatic heterocycles. The van der Waals surface area contributed by atoms with E-state index in [1.807, 2.05) is 23.1 Å². The Hall–Kier alpha value is -2.43. The van der Waals surface area contributed by atoms with Crippen LogP contribution in [-0.4, -0.2) is 31.6 Å². The molecule has 5 heteroatoms. The molecular formula is C17H19NO4. The molecule has 3 rings (SSSR count). The van der Waals surface area contributed by atoms with Gasteiger partial charge < -0.3 is 18.8 Å². The van der Waals surface area contributed by atoms with Crippen molar-refractivity contribution < 1.29 is 18.7 Å². The number of rotatable bonds is 4. The molecule has 1 amide bonds. The molecular weight excluding hydrogens is 282 g/mol. The van der Waals surface area contributed by atoms with Gasteiger partial charge in [-0.25, -0.2) is 0 Å². The molecule has 22 heavy (non-hydrogen) atoms. The summed E-state index contributed by atoms with van der Waals surface area (Å²) in [6.07, 6.45) is 4.95. The molecule has 1 unspecified atom stereocenters. The number of likely N-dealkylation sites (tertiary alicyclic amines) is 1. The second-order valence-corrected chi connectivity index (χ2v) is 5.28. The zero-order chi connectivity index (χ0) is 15.5. The highest BCUT2D eigenvalue weighted by molar-refractivity contribution is 5.94. The molecule has 116 valence electrons. The molecule has 1 aromatic heterocycles. The highest BCUT2D eigenvalue weighted by Crippen LogP contribution is 2.37. The summed E-state index contributed by atoms with van der Waals surface area (Å²) in [5, 5.41) is 0. The maximum Gasteiger partial charge on any atom is 0.257 e. The first-order valence-electron chi connectivity index (χ1n) is 7.29. The van der Waals surface area contributed by atoms with Crippen molar-refractivity contribution in [3.63, 3.8) is 0 Å². The van der Waals surface area contributed by atoms with Crippen molar-refractivity contribution in [3.8, 4) is 11.5 Å². The third-order valence-corrected chi connectivity index (χ3v) is 4.07. The van der Waals surface area contributed by atoms with Crippen molar-refractivity contribution in [2.45, 2.75) is 18.9 Å². The van der Waals surface area contributed by atoms with E-state index in [4.69, 9.17) is 13.9 Å². The summed E-state index contributed by atoms with van der Waals surface area (Å²) in [7, 11) is 3.23. The number of amides is 1. The maximum absolute atomic E-state index is 12.6. The maximum atomic E-state index is 12.6. The van der Waals surface area contributed by atoms with Crippen LogP contribution in [0.5, 0.6) is 11.5 Å². The monoisotopic (exact) mass is 301 g/mol. The van der Waals surface area contributed by atoms with Gasteiger partial charge in [0.05, 0.1) is 32.1 Å². The van der Waals surface area contributed by atoms with Crippen LogP contribution >= 0.6 is 0 Å². The summed E-state index contributed by atoms with van der Waals surface area (Å²) in [6, 6.07) is 7.58. The van der Waals surface area contributed by atoms with Gasteiger partial charge in [-0.05, 0) is 36.6 Å². The number of benzene rings is 1. The average molecular weight is 301 g/mol. The zero-order valence-corrected chi connectivity index (χ0v) is 12.7. The lowest BCUT2D eigenvalue weighted by Gasteiger charge is -2.25. The molecule has 2 heterocycles. The van der Waals surface area contributed by atoms with Crippen molar-refractivity contribution in [3.05, 3.63) is 47.9 Å². The third kappa shape index (κ3) is 2.54. The number of ether oxygens (including phenoxy) is 2. The largest absolute Gasteiger partial charge is 0.493 e. The van der Waals surface area contributed by atoms with Gasteiger partial charge in [0.2, 0.25) is 0 Å². The quantitative estimate of drug-likeness (QED) is 0.869. The first-order valence-corrected chi connectivity index (χ1v) is 7.29. The Morgan fingerprint density at radius 1 is 1.23 bits per heavy atom. The molecule has 1 aliphatic rings. The van der Waals surface area contributed by atoms with Crippen LogP contribution in [0.4, 0.5) is 0 Å². The summed E-state index contributed by atoms with van der Waals surface area (Å²) in [5.74, 6) is 1.38. The van der Waals surface area contributed by atoms with Crippen LogP contribution in [0.15, 0.2) is 41.2 Å². The summed E-state index contributed by atoms with van der Waals surface area (Å²) < 4.78 is 15.6. The molecule has 1 fully saturated rings. The van der Waals surface area contributed by atoms with E-state index in [0.29, 0.717) is 17.1 Å². The van der Waals surface area contributed by atoms with Crippen LogP contribution in [0.1, 0.15) is 34.8 Å². The van der Waals surface area contributed by atoms with Crippen molar-refractivity contribution in [2.24, 2.45) is 0 Å². The second kappa shape index (κ2) is 6.13. The first kappa shape index (κ1) is 14.5. The fourth-order valence-corrected chi connectivity index (χ4v) is 2.97. The van der Waals surface area contributed by atoms with Crippen LogP contribution in [-0.2, 0) is 0 Å². The van der Waals surface area contributed by atoms with E-state index in [1.54, 1.807) is 20.3 Å². The second-order valence-electron chi connectivity index (χ2n) is 5.28. The lowest BCUT2D eigenvalue weighted by atomic mass is 10.0. The number of carbonyl (C=O) groups is 1. The predicted molar refractivity (Wildman–Crippen MR) is 81.3 cm³/mol. The number of nitrogens with zero attached hydrogens (tertiary/aromatic N) is 1. The zero-order valence-electron chi connectivity index (χ0n) is 12.7. The van der Waals surface area contributed by atoms with Gasteiger partial charge in [0.25, 0.3) is 5.91 Å². The molecule has 0 spiro atoms. The van der Waals surface area contributed by atoms with Crippen molar-refractivity contribution in [1.29, 1.82) is 0 Å². The minimum absolute atomic E-state index is 0.00559. The Balaban J connectivity index is 1.88. The van der Waals surface area contributed by atoms with Crippen LogP contribution in [0, 0.1) is 0 Å². The number of hydrogen-bond donors (Lipinski definition) is 0. The molecule has 2 aromatic rings. The highest BCUT2D eigenvalue weighted by Gasteiger charge is 2.31. The van der Waals surface area contributed by atoms with Gasteiger partial charge in [0.15, 0.2) is 11.5 Å². The Bertz CT molecular complexity index is 651. The van der Waals surface area contributed by atoms with E-state index >= 15 is 0 Å². The van der Waals surface area contributed by atoms with Crippen LogP contribution in [0.25, 0.3) is 0 Å². The summed E-state index contributed by atoms with van der Waals surface area (Å²) >= 11 is 0. The molecule has 5 nitrogen and oxygen atoms in total. The Morgan fingerprint density at radius 3 is 2.73 bits per heavy atom. The van der Waals surface area contributed by atoms with Crippen LogP contribution < -0.4 is 9.47 Å². The SMILES string of the molecule is COc1ccc(C2CCCN2C(=O)c2ccoc2)cc1OC. The Morgan fingerprint density at radius 2 is 2.05 bits per heavy atom. The summed E-state index contributed by atoms with van der Waals surface area (Å²) in [6.45, 7) is 0.753. The van der Waals surface area contributed by atoms with E-state index in [1.165, 1.54) is 12.5 Å². The number of hydrogen-bond acceptors (Lipinski definition) is 4. The Kier molecular flexibility index (Phi) is 4.04. The standard InChI is InChI=1S/C17H19NO4/c1-20-15-6-5-12(10-16(15)21-2)14-4-3-8-18(14)17(19)13-7-9-22-11-13/h5-7,9-11,14H,3-4,8H2,1-2H3. The topological polar surface area (TPSA) is 51.9 Å². The molecule has 0 N–H and O–H groups in total. The van der Waals surface area contributed by atoms with Gasteiger partial charge in [-0.1, -0.05) is 6.07 Å². The minimum Gasteiger partial charge on any atom is -0.493 e. The van der Waals surface area contributed by atoms with Gasteiger partial charge in [0.1, 0.15) is 6.26 Å². The Labute approximate surface area is 129 Å². The molecule has 1 atom stereocenters. The molecule has 1 aromatic carbocycles. The normalized spacial score (nSPS) is 17.5. The van der Waals surface area contributed by atoms with Gasteiger partial charge in [-0.2, -0.15) is 0 Å². The van der Waals surface area contributed by atoms with E-state index in [2.05, 4.69) is 0 Å². The number of methoxy groups -OCH3 is 2. The molecule has 0 aliphatic carbocycles. The minimum atomic E-state index is 0.00559. The van der Waals surface area contributed by atoms with E-state index < -0.39 is 0 Å². The van der Waals surface area contributed by atoms with Gasteiger partial charge >= 0.3 is 0 Å². The van der Waals surface area contributed by atoms with Crippen molar-refractivity contribution in [2.75, 3.05) is 20.8 Å². The average Bonchev–Trinajstić information content (AvgIpc) is 3.24. The smallest absolute Gasteiger partial charge is 0.257 e. The first-order chi connectivity index (χ1) is 10.7.